The molecule has 142 valence electrons. The van der Waals surface area contributed by atoms with Crippen LogP contribution in [0.25, 0.3) is 22.3 Å². The summed E-state index contributed by atoms with van der Waals surface area (Å²) in [5.41, 5.74) is 8.90. The Morgan fingerprint density at radius 2 is 1.96 bits per heavy atom. The second-order valence-electron chi connectivity index (χ2n) is 7.24. The van der Waals surface area contributed by atoms with Gasteiger partial charge < -0.3 is 15.7 Å². The van der Waals surface area contributed by atoms with Gasteiger partial charge in [0.25, 0.3) is 0 Å². The van der Waals surface area contributed by atoms with E-state index in [9.17, 15) is 5.11 Å². The summed E-state index contributed by atoms with van der Waals surface area (Å²) in [4.78, 5) is 2.53. The van der Waals surface area contributed by atoms with Crippen molar-refractivity contribution in [1.82, 2.24) is 24.9 Å². The predicted octanol–water partition coefficient (Wildman–Crippen LogP) is 3.22. The number of hydrogen-bond donors (Lipinski definition) is 2. The van der Waals surface area contributed by atoms with Crippen molar-refractivity contribution >= 4 is 16.9 Å². The molecule has 7 nitrogen and oxygen atoms in total. The third-order valence-corrected chi connectivity index (χ3v) is 5.39. The van der Waals surface area contributed by atoms with Gasteiger partial charge in [-0.15, -0.1) is 10.2 Å². The lowest BCUT2D eigenvalue weighted by atomic mass is 10.0. The van der Waals surface area contributed by atoms with E-state index >= 15 is 0 Å². The van der Waals surface area contributed by atoms with Gasteiger partial charge in [0.2, 0.25) is 0 Å². The van der Waals surface area contributed by atoms with Crippen LogP contribution in [0.3, 0.4) is 0 Å². The molecule has 1 fully saturated rings. The molecule has 1 saturated heterocycles. The topological polar surface area (TPSA) is 93.1 Å². The Bertz CT molecular complexity index is 929. The average molecular weight is 366 g/mol. The van der Waals surface area contributed by atoms with Gasteiger partial charge in [0.1, 0.15) is 5.75 Å². The number of piperidine rings is 1. The van der Waals surface area contributed by atoms with E-state index in [0.717, 1.165) is 31.4 Å². The van der Waals surface area contributed by atoms with E-state index < -0.39 is 0 Å². The lowest BCUT2D eigenvalue weighted by Gasteiger charge is -2.32. The molecule has 4 rings (SSSR count). The van der Waals surface area contributed by atoms with Crippen LogP contribution in [0.5, 0.6) is 5.75 Å². The number of likely N-dealkylation sites (tertiary alicyclic amines) is 1. The molecule has 0 saturated carbocycles. The summed E-state index contributed by atoms with van der Waals surface area (Å²) in [6.07, 6.45) is 4.58. The summed E-state index contributed by atoms with van der Waals surface area (Å²) in [5.74, 6) is 0.601. The molecule has 0 aliphatic carbocycles. The van der Waals surface area contributed by atoms with E-state index in [2.05, 4.69) is 27.1 Å². The van der Waals surface area contributed by atoms with Crippen molar-refractivity contribution in [3.63, 3.8) is 0 Å². The number of fused-ring (bicyclic) bond motifs is 1. The van der Waals surface area contributed by atoms with E-state index in [1.807, 2.05) is 22.9 Å². The quantitative estimate of drug-likeness (QED) is 0.720. The summed E-state index contributed by atoms with van der Waals surface area (Å²) in [7, 11) is 0. The van der Waals surface area contributed by atoms with Crippen molar-refractivity contribution in [3.05, 3.63) is 30.3 Å². The van der Waals surface area contributed by atoms with Gasteiger partial charge in [0.15, 0.2) is 11.3 Å². The van der Waals surface area contributed by atoms with Crippen LogP contribution in [-0.4, -0.2) is 49.6 Å². The molecule has 2 aromatic heterocycles. The van der Waals surface area contributed by atoms with Gasteiger partial charge in [-0.25, -0.2) is 0 Å². The minimum Gasteiger partial charge on any atom is -0.507 e. The largest absolute Gasteiger partial charge is 0.507 e. The highest BCUT2D eigenvalue weighted by atomic mass is 16.3. The molecule has 0 amide bonds. The average Bonchev–Trinajstić information content (AvgIpc) is 3.03. The summed E-state index contributed by atoms with van der Waals surface area (Å²) in [6.45, 7) is 5.57. The van der Waals surface area contributed by atoms with Gasteiger partial charge in [0.05, 0.1) is 17.3 Å². The van der Waals surface area contributed by atoms with Gasteiger partial charge in [-0.05, 0) is 44.0 Å². The smallest absolute Gasteiger partial charge is 0.174 e. The highest BCUT2D eigenvalue weighted by molar-refractivity contribution is 5.87. The van der Waals surface area contributed by atoms with Gasteiger partial charge in [-0.2, -0.15) is 5.10 Å². The number of aromatic hydroxyl groups is 1. The summed E-state index contributed by atoms with van der Waals surface area (Å²) in [5, 5.41) is 23.2. The first kappa shape index (κ1) is 17.7. The molecule has 0 unspecified atom stereocenters. The molecule has 0 bridgehead atoms. The zero-order chi connectivity index (χ0) is 18.8. The van der Waals surface area contributed by atoms with Gasteiger partial charge in [-0.1, -0.05) is 25.5 Å². The molecular weight excluding hydrogens is 340 g/mol. The maximum Gasteiger partial charge on any atom is 0.174 e. The van der Waals surface area contributed by atoms with Crippen molar-refractivity contribution in [2.45, 2.75) is 38.6 Å². The first-order valence-corrected chi connectivity index (χ1v) is 9.69. The highest BCUT2D eigenvalue weighted by Crippen LogP contribution is 2.32. The second-order valence-corrected chi connectivity index (χ2v) is 7.24. The first-order chi connectivity index (χ1) is 13.2. The maximum atomic E-state index is 10.1. The fraction of sp³-hybridized carbons (Fsp3) is 0.450. The molecule has 27 heavy (non-hydrogen) atoms. The van der Waals surface area contributed by atoms with Crippen LogP contribution in [0.15, 0.2) is 30.3 Å². The number of unbranched alkanes of at least 4 members (excludes halogenated alkanes) is 1. The number of anilines is 1. The van der Waals surface area contributed by atoms with E-state index in [-0.39, 0.29) is 5.75 Å². The molecule has 1 aliphatic heterocycles. The zero-order valence-corrected chi connectivity index (χ0v) is 15.7. The normalized spacial score (nSPS) is 16.2. The number of para-hydroxylation sites is 1. The molecule has 1 aromatic carbocycles. The monoisotopic (exact) mass is 366 g/mol. The first-order valence-electron chi connectivity index (χ1n) is 9.69. The Morgan fingerprint density at radius 3 is 2.70 bits per heavy atom. The van der Waals surface area contributed by atoms with E-state index in [4.69, 9.17) is 5.73 Å². The van der Waals surface area contributed by atoms with Crippen LogP contribution in [-0.2, 0) is 0 Å². The highest BCUT2D eigenvalue weighted by Gasteiger charge is 2.24. The fourth-order valence-electron chi connectivity index (χ4n) is 3.83. The molecule has 3 heterocycles. The summed E-state index contributed by atoms with van der Waals surface area (Å²) < 4.78 is 2.01. The zero-order valence-electron chi connectivity index (χ0n) is 15.7. The molecule has 0 atom stereocenters. The number of aromatic nitrogens is 4. The number of nitrogen functional groups attached to an aromatic ring is 1. The number of phenolic OH excluding ortho intramolecular Hbond substituents is 1. The van der Waals surface area contributed by atoms with Crippen LogP contribution < -0.4 is 5.73 Å². The van der Waals surface area contributed by atoms with Gasteiger partial charge in [-0.3, -0.25) is 4.68 Å². The number of nitrogens with zero attached hydrogens (tertiary/aromatic N) is 5. The minimum atomic E-state index is 0.189. The number of benzene rings is 1. The maximum absolute atomic E-state index is 10.1. The molecule has 3 aromatic rings. The van der Waals surface area contributed by atoms with Crippen LogP contribution in [0.2, 0.25) is 0 Å². The third-order valence-electron chi connectivity index (χ3n) is 5.39. The van der Waals surface area contributed by atoms with Crippen LogP contribution >= 0.6 is 0 Å². The molecule has 3 N–H and O–H groups in total. The van der Waals surface area contributed by atoms with Gasteiger partial charge in [0, 0.05) is 18.7 Å². The number of hydrogen-bond acceptors (Lipinski definition) is 6. The van der Waals surface area contributed by atoms with Crippen molar-refractivity contribution in [2.75, 3.05) is 25.4 Å². The summed E-state index contributed by atoms with van der Waals surface area (Å²) >= 11 is 0. The SMILES string of the molecule is CCCCN1CCC(n2nc(N)c3nnc(-c4ccccc4O)cc32)CC1. The Kier molecular flexibility index (Phi) is 4.94. The molecule has 0 spiro atoms. The Morgan fingerprint density at radius 1 is 1.19 bits per heavy atom. The summed E-state index contributed by atoms with van der Waals surface area (Å²) in [6, 6.07) is 9.40. The van der Waals surface area contributed by atoms with E-state index in [1.165, 1.54) is 19.4 Å². The van der Waals surface area contributed by atoms with Crippen molar-refractivity contribution < 1.29 is 5.11 Å². The molecular formula is C20H26N6O. The molecule has 1 aliphatic rings. The molecule has 0 radical (unpaired) electrons. The Balaban J connectivity index is 1.64. The lowest BCUT2D eigenvalue weighted by molar-refractivity contribution is 0.180. The Hall–Kier alpha value is -2.67. The number of nitrogens with two attached hydrogens (primary N) is 1. The second kappa shape index (κ2) is 7.52. The lowest BCUT2D eigenvalue weighted by Crippen LogP contribution is -2.35. The molecule has 7 heteroatoms. The minimum absolute atomic E-state index is 0.189. The third kappa shape index (κ3) is 3.47. The van der Waals surface area contributed by atoms with Crippen molar-refractivity contribution in [2.24, 2.45) is 0 Å². The van der Waals surface area contributed by atoms with E-state index in [1.54, 1.807) is 12.1 Å². The van der Waals surface area contributed by atoms with Crippen LogP contribution in [0.4, 0.5) is 5.82 Å². The van der Waals surface area contributed by atoms with Crippen molar-refractivity contribution in [1.29, 1.82) is 0 Å². The Labute approximate surface area is 158 Å². The van der Waals surface area contributed by atoms with E-state index in [0.29, 0.717) is 28.6 Å². The van der Waals surface area contributed by atoms with Crippen molar-refractivity contribution in [3.8, 4) is 17.0 Å². The van der Waals surface area contributed by atoms with Crippen LogP contribution in [0.1, 0.15) is 38.6 Å². The predicted molar refractivity (Wildman–Crippen MR) is 106 cm³/mol. The van der Waals surface area contributed by atoms with Gasteiger partial charge >= 0.3 is 0 Å². The standard InChI is InChI=1S/C20H26N6O/c1-2-3-10-25-11-8-14(9-12-25)26-17-13-16(15-6-4-5-7-18(15)27)22-23-19(17)20(21)24-26/h4-7,13-14,27H,2-3,8-12H2,1H3,(H2,21,24). The number of rotatable bonds is 5. The van der Waals surface area contributed by atoms with Crippen LogP contribution in [0, 0.1) is 0 Å². The number of phenols is 1. The fourth-order valence-corrected chi connectivity index (χ4v) is 3.83.